The van der Waals surface area contributed by atoms with E-state index in [0.29, 0.717) is 11.5 Å². The van der Waals surface area contributed by atoms with Crippen LogP contribution in [0.2, 0.25) is 0 Å². The second kappa shape index (κ2) is 4.34. The van der Waals surface area contributed by atoms with Gasteiger partial charge in [0.05, 0.1) is 5.69 Å². The minimum atomic E-state index is -0.276. The zero-order valence-corrected chi connectivity index (χ0v) is 11.3. The first kappa shape index (κ1) is 12.0. The van der Waals surface area contributed by atoms with Crippen LogP contribution in [-0.4, -0.2) is 19.8 Å². The summed E-state index contributed by atoms with van der Waals surface area (Å²) in [5.74, 6) is 0.334. The van der Waals surface area contributed by atoms with Gasteiger partial charge in [-0.1, -0.05) is 24.3 Å². The Hall–Kier alpha value is -2.82. The number of halogens is 1. The van der Waals surface area contributed by atoms with E-state index in [9.17, 15) is 4.39 Å². The van der Waals surface area contributed by atoms with Crippen LogP contribution in [0.25, 0.3) is 27.8 Å². The van der Waals surface area contributed by atoms with E-state index in [1.807, 2.05) is 31.2 Å². The van der Waals surface area contributed by atoms with E-state index in [-0.39, 0.29) is 5.82 Å². The Balaban J connectivity index is 2.06. The van der Waals surface area contributed by atoms with Crippen molar-refractivity contribution in [2.75, 3.05) is 0 Å². The van der Waals surface area contributed by atoms with Crippen LogP contribution < -0.4 is 0 Å². The Labute approximate surface area is 119 Å². The molecule has 0 atom stereocenters. The monoisotopic (exact) mass is 278 g/mol. The van der Waals surface area contributed by atoms with Gasteiger partial charge in [-0.3, -0.25) is 0 Å². The Morgan fingerprint density at radius 2 is 1.62 bits per heavy atom. The minimum absolute atomic E-state index is 0.276. The van der Waals surface area contributed by atoms with Gasteiger partial charge in [-0.05, 0) is 31.2 Å². The molecular formula is C16H11FN4. The lowest BCUT2D eigenvalue weighted by Gasteiger charge is -2.04. The first-order valence-electron chi connectivity index (χ1n) is 6.61. The maximum atomic E-state index is 13.1. The summed E-state index contributed by atoms with van der Waals surface area (Å²) in [6.45, 7) is 1.95. The number of hydrogen-bond acceptors (Lipinski definition) is 3. The van der Waals surface area contributed by atoms with Crippen LogP contribution in [0.1, 0.15) is 5.69 Å². The third-order valence-electron chi connectivity index (χ3n) is 3.55. The van der Waals surface area contributed by atoms with Gasteiger partial charge in [-0.2, -0.15) is 9.61 Å². The van der Waals surface area contributed by atoms with Crippen molar-refractivity contribution in [3.8, 4) is 11.4 Å². The molecule has 0 N–H and O–H groups in total. The van der Waals surface area contributed by atoms with Crippen molar-refractivity contribution in [1.82, 2.24) is 19.8 Å². The van der Waals surface area contributed by atoms with Crippen molar-refractivity contribution in [2.24, 2.45) is 0 Å². The van der Waals surface area contributed by atoms with Crippen LogP contribution >= 0.6 is 0 Å². The standard InChI is InChI=1S/C16H11FN4/c1-10-13-4-2-3-5-14(13)16-19-18-15(21(16)20-10)11-6-8-12(17)9-7-11/h2-9H,1H3. The number of benzene rings is 2. The lowest BCUT2D eigenvalue weighted by molar-refractivity contribution is 0.628. The zero-order valence-electron chi connectivity index (χ0n) is 11.3. The number of rotatable bonds is 1. The largest absolute Gasteiger partial charge is 0.207 e. The van der Waals surface area contributed by atoms with Gasteiger partial charge in [0, 0.05) is 16.3 Å². The minimum Gasteiger partial charge on any atom is -0.207 e. The van der Waals surface area contributed by atoms with E-state index >= 15 is 0 Å². The van der Waals surface area contributed by atoms with Crippen molar-refractivity contribution in [2.45, 2.75) is 6.92 Å². The van der Waals surface area contributed by atoms with E-state index < -0.39 is 0 Å². The zero-order chi connectivity index (χ0) is 14.4. The molecule has 0 bridgehead atoms. The smallest absolute Gasteiger partial charge is 0.186 e. The van der Waals surface area contributed by atoms with Crippen LogP contribution in [0, 0.1) is 12.7 Å². The van der Waals surface area contributed by atoms with Gasteiger partial charge in [0.15, 0.2) is 11.5 Å². The molecule has 0 aliphatic carbocycles. The van der Waals surface area contributed by atoms with E-state index in [4.69, 9.17) is 0 Å². The molecule has 0 aliphatic heterocycles. The number of nitrogens with zero attached hydrogens (tertiary/aromatic N) is 4. The number of fused-ring (bicyclic) bond motifs is 3. The molecule has 0 unspecified atom stereocenters. The molecule has 0 saturated carbocycles. The molecule has 0 fully saturated rings. The Morgan fingerprint density at radius 1 is 0.905 bits per heavy atom. The van der Waals surface area contributed by atoms with Crippen LogP contribution in [0.5, 0.6) is 0 Å². The second-order valence-electron chi connectivity index (χ2n) is 4.90. The summed E-state index contributed by atoms with van der Waals surface area (Å²) in [6.07, 6.45) is 0. The molecule has 2 aromatic carbocycles. The molecule has 0 spiro atoms. The quantitative estimate of drug-likeness (QED) is 0.536. The molecule has 21 heavy (non-hydrogen) atoms. The number of aromatic nitrogens is 4. The Kier molecular flexibility index (Phi) is 2.47. The van der Waals surface area contributed by atoms with Gasteiger partial charge in [-0.15, -0.1) is 10.2 Å². The van der Waals surface area contributed by atoms with Crippen molar-refractivity contribution in [3.05, 3.63) is 60.0 Å². The van der Waals surface area contributed by atoms with Gasteiger partial charge < -0.3 is 0 Å². The predicted octanol–water partition coefficient (Wildman–Crippen LogP) is 3.39. The van der Waals surface area contributed by atoms with Gasteiger partial charge in [0.1, 0.15) is 5.82 Å². The van der Waals surface area contributed by atoms with Crippen LogP contribution in [-0.2, 0) is 0 Å². The molecule has 2 heterocycles. The lowest BCUT2D eigenvalue weighted by Crippen LogP contribution is -1.98. The summed E-state index contributed by atoms with van der Waals surface area (Å²) in [4.78, 5) is 0. The van der Waals surface area contributed by atoms with E-state index in [0.717, 1.165) is 22.0 Å². The summed E-state index contributed by atoms with van der Waals surface area (Å²) in [5.41, 5.74) is 2.39. The fourth-order valence-electron chi connectivity index (χ4n) is 2.52. The average molecular weight is 278 g/mol. The molecule has 5 heteroatoms. The lowest BCUT2D eigenvalue weighted by atomic mass is 10.1. The summed E-state index contributed by atoms with van der Waals surface area (Å²) in [5, 5.41) is 15.1. The molecular weight excluding hydrogens is 267 g/mol. The average Bonchev–Trinajstić information content (AvgIpc) is 2.92. The van der Waals surface area contributed by atoms with Crippen LogP contribution in [0.3, 0.4) is 0 Å². The third-order valence-corrected chi connectivity index (χ3v) is 3.55. The van der Waals surface area contributed by atoms with Gasteiger partial charge in [0.25, 0.3) is 0 Å². The predicted molar refractivity (Wildman–Crippen MR) is 78.4 cm³/mol. The van der Waals surface area contributed by atoms with Gasteiger partial charge >= 0.3 is 0 Å². The molecule has 0 aliphatic rings. The van der Waals surface area contributed by atoms with Gasteiger partial charge in [-0.25, -0.2) is 4.39 Å². The highest BCUT2D eigenvalue weighted by Gasteiger charge is 2.13. The normalized spacial score (nSPS) is 11.3. The SMILES string of the molecule is Cc1nn2c(-c3ccc(F)cc3)nnc2c2ccccc12. The van der Waals surface area contributed by atoms with E-state index in [1.54, 1.807) is 16.6 Å². The fourth-order valence-corrected chi connectivity index (χ4v) is 2.52. The van der Waals surface area contributed by atoms with Crippen LogP contribution in [0.4, 0.5) is 4.39 Å². The molecule has 102 valence electrons. The van der Waals surface area contributed by atoms with Crippen molar-refractivity contribution in [1.29, 1.82) is 0 Å². The van der Waals surface area contributed by atoms with Crippen molar-refractivity contribution < 1.29 is 4.39 Å². The van der Waals surface area contributed by atoms with Crippen LogP contribution in [0.15, 0.2) is 48.5 Å². The Bertz CT molecular complexity index is 957. The highest BCUT2D eigenvalue weighted by molar-refractivity contribution is 5.95. The third kappa shape index (κ3) is 1.78. The molecule has 4 nitrogen and oxygen atoms in total. The van der Waals surface area contributed by atoms with E-state index in [1.165, 1.54) is 12.1 Å². The summed E-state index contributed by atoms with van der Waals surface area (Å²) >= 11 is 0. The summed E-state index contributed by atoms with van der Waals surface area (Å²) in [7, 11) is 0. The highest BCUT2D eigenvalue weighted by Crippen LogP contribution is 2.24. The molecule has 0 saturated heterocycles. The van der Waals surface area contributed by atoms with Crippen molar-refractivity contribution >= 4 is 16.4 Å². The van der Waals surface area contributed by atoms with E-state index in [2.05, 4.69) is 15.3 Å². The van der Waals surface area contributed by atoms with Crippen molar-refractivity contribution in [3.63, 3.8) is 0 Å². The Morgan fingerprint density at radius 3 is 2.38 bits per heavy atom. The molecule has 4 aromatic rings. The maximum Gasteiger partial charge on any atom is 0.186 e. The molecule has 2 aromatic heterocycles. The second-order valence-corrected chi connectivity index (χ2v) is 4.90. The first-order valence-corrected chi connectivity index (χ1v) is 6.61. The summed E-state index contributed by atoms with van der Waals surface area (Å²) < 4.78 is 14.8. The first-order chi connectivity index (χ1) is 10.2. The maximum absolute atomic E-state index is 13.1. The topological polar surface area (TPSA) is 43.1 Å². The summed E-state index contributed by atoms with van der Waals surface area (Å²) in [6, 6.07) is 14.1. The highest BCUT2D eigenvalue weighted by atomic mass is 19.1. The molecule has 0 radical (unpaired) electrons. The number of hydrogen-bond donors (Lipinski definition) is 0. The molecule has 0 amide bonds. The molecule has 4 rings (SSSR count). The van der Waals surface area contributed by atoms with Gasteiger partial charge in [0.2, 0.25) is 0 Å². The fraction of sp³-hybridized carbons (Fsp3) is 0.0625. The number of aryl methyl sites for hydroxylation is 1.